The summed E-state index contributed by atoms with van der Waals surface area (Å²) in [6.07, 6.45) is 5.61. The summed E-state index contributed by atoms with van der Waals surface area (Å²) in [6.45, 7) is 11.2. The van der Waals surface area contributed by atoms with Crippen LogP contribution in [-0.2, 0) is 0 Å². The number of rotatable bonds is 3. The summed E-state index contributed by atoms with van der Waals surface area (Å²) in [4.78, 5) is 2.78. The summed E-state index contributed by atoms with van der Waals surface area (Å²) in [5, 5.41) is 3.33. The van der Waals surface area contributed by atoms with E-state index in [1.165, 1.54) is 45.3 Å². The van der Waals surface area contributed by atoms with Crippen LogP contribution in [0.15, 0.2) is 0 Å². The van der Waals surface area contributed by atoms with Crippen molar-refractivity contribution < 1.29 is 0 Å². The second-order valence-corrected chi connectivity index (χ2v) is 7.15. The Morgan fingerprint density at radius 2 is 1.82 bits per heavy atom. The van der Waals surface area contributed by atoms with E-state index in [2.05, 4.69) is 38.0 Å². The lowest BCUT2D eigenvalue weighted by atomic mass is 9.90. The molecule has 1 N–H and O–H groups in total. The maximum Gasteiger partial charge on any atom is 0.0126 e. The van der Waals surface area contributed by atoms with Gasteiger partial charge >= 0.3 is 0 Å². The van der Waals surface area contributed by atoms with Gasteiger partial charge in [0.15, 0.2) is 0 Å². The van der Waals surface area contributed by atoms with Crippen molar-refractivity contribution in [3.8, 4) is 0 Å². The molecule has 0 spiro atoms. The Balaban J connectivity index is 1.85. The topological polar surface area (TPSA) is 15.3 Å². The molecule has 0 aromatic carbocycles. The minimum absolute atomic E-state index is 0.575. The Bertz CT molecular complexity index is 241. The highest BCUT2D eigenvalue weighted by molar-refractivity contribution is 4.93. The number of hydrogen-bond acceptors (Lipinski definition) is 2. The van der Waals surface area contributed by atoms with Crippen molar-refractivity contribution in [2.75, 3.05) is 26.7 Å². The van der Waals surface area contributed by atoms with Crippen LogP contribution < -0.4 is 5.32 Å². The van der Waals surface area contributed by atoms with Gasteiger partial charge in [0.1, 0.15) is 0 Å². The summed E-state index contributed by atoms with van der Waals surface area (Å²) in [5.41, 5.74) is 0.575. The largest absolute Gasteiger partial charge is 0.319 e. The Morgan fingerprint density at radius 3 is 2.29 bits per heavy atom. The van der Waals surface area contributed by atoms with E-state index in [1.807, 2.05) is 0 Å². The van der Waals surface area contributed by atoms with Crippen molar-refractivity contribution in [2.45, 2.75) is 52.5 Å². The fourth-order valence-electron chi connectivity index (χ4n) is 4.12. The number of hydrogen-bond donors (Lipinski definition) is 1. The lowest BCUT2D eigenvalue weighted by molar-refractivity contribution is 0.109. The van der Waals surface area contributed by atoms with E-state index in [0.717, 1.165) is 17.9 Å². The lowest BCUT2D eigenvalue weighted by Gasteiger charge is -2.38. The molecular formula is C15H30N2. The average molecular weight is 238 g/mol. The molecule has 0 aromatic rings. The molecular weight excluding hydrogens is 208 g/mol. The van der Waals surface area contributed by atoms with E-state index >= 15 is 0 Å². The van der Waals surface area contributed by atoms with Crippen LogP contribution in [-0.4, -0.2) is 37.6 Å². The van der Waals surface area contributed by atoms with Crippen LogP contribution in [0, 0.1) is 17.3 Å². The first-order valence-corrected chi connectivity index (χ1v) is 7.40. The zero-order chi connectivity index (χ0) is 12.5. The second kappa shape index (κ2) is 5.27. The number of piperidine rings is 1. The molecule has 2 nitrogen and oxygen atoms in total. The standard InChI is InChI=1S/C15H30N2/c1-12-9-15(2,3)10-14(12)17-7-5-13(6-8-17)11-16-4/h12-14,16H,5-11H2,1-4H3. The monoisotopic (exact) mass is 238 g/mol. The molecule has 0 bridgehead atoms. The highest BCUT2D eigenvalue weighted by Gasteiger charge is 2.40. The molecule has 2 aliphatic rings. The molecule has 1 aliphatic heterocycles. The first kappa shape index (κ1) is 13.4. The van der Waals surface area contributed by atoms with Gasteiger partial charge < -0.3 is 10.2 Å². The minimum Gasteiger partial charge on any atom is -0.319 e. The van der Waals surface area contributed by atoms with Crippen LogP contribution in [0.25, 0.3) is 0 Å². The van der Waals surface area contributed by atoms with Crippen molar-refractivity contribution in [1.29, 1.82) is 0 Å². The van der Waals surface area contributed by atoms with Gasteiger partial charge in [-0.15, -0.1) is 0 Å². The molecule has 1 heterocycles. The maximum atomic E-state index is 3.33. The molecule has 100 valence electrons. The molecule has 2 atom stereocenters. The summed E-state index contributed by atoms with van der Waals surface area (Å²) in [5.74, 6) is 1.81. The van der Waals surface area contributed by atoms with Gasteiger partial charge in [0.25, 0.3) is 0 Å². The molecule has 2 heteroatoms. The summed E-state index contributed by atoms with van der Waals surface area (Å²) in [6, 6.07) is 0.862. The fourth-order valence-corrected chi connectivity index (χ4v) is 4.12. The molecule has 1 saturated carbocycles. The molecule has 0 amide bonds. The van der Waals surface area contributed by atoms with Crippen LogP contribution in [0.4, 0.5) is 0 Å². The number of likely N-dealkylation sites (tertiary alicyclic amines) is 1. The zero-order valence-electron chi connectivity index (χ0n) is 12.1. The molecule has 0 aromatic heterocycles. The van der Waals surface area contributed by atoms with Crippen molar-refractivity contribution in [1.82, 2.24) is 10.2 Å². The van der Waals surface area contributed by atoms with Crippen molar-refractivity contribution >= 4 is 0 Å². The van der Waals surface area contributed by atoms with Crippen molar-refractivity contribution in [3.05, 3.63) is 0 Å². The van der Waals surface area contributed by atoms with Crippen LogP contribution in [0.2, 0.25) is 0 Å². The number of nitrogens with zero attached hydrogens (tertiary/aromatic N) is 1. The van der Waals surface area contributed by atoms with Gasteiger partial charge in [-0.2, -0.15) is 0 Å². The summed E-state index contributed by atoms with van der Waals surface area (Å²) in [7, 11) is 2.08. The van der Waals surface area contributed by atoms with Gasteiger partial charge in [0, 0.05) is 6.04 Å². The Morgan fingerprint density at radius 1 is 1.18 bits per heavy atom. The second-order valence-electron chi connectivity index (χ2n) is 7.15. The normalized spacial score (nSPS) is 35.3. The van der Waals surface area contributed by atoms with Crippen LogP contribution >= 0.6 is 0 Å². The van der Waals surface area contributed by atoms with E-state index in [0.29, 0.717) is 5.41 Å². The molecule has 2 fully saturated rings. The quantitative estimate of drug-likeness (QED) is 0.813. The highest BCUT2D eigenvalue weighted by atomic mass is 15.2. The number of nitrogens with one attached hydrogen (secondary N) is 1. The summed E-state index contributed by atoms with van der Waals surface area (Å²) >= 11 is 0. The van der Waals surface area contributed by atoms with Gasteiger partial charge in [0.05, 0.1) is 0 Å². The van der Waals surface area contributed by atoms with E-state index in [1.54, 1.807) is 0 Å². The van der Waals surface area contributed by atoms with E-state index in [-0.39, 0.29) is 0 Å². The Kier molecular flexibility index (Phi) is 4.14. The van der Waals surface area contributed by atoms with Crippen LogP contribution in [0.1, 0.15) is 46.5 Å². The predicted octanol–water partition coefficient (Wildman–Crippen LogP) is 2.74. The van der Waals surface area contributed by atoms with Gasteiger partial charge in [-0.3, -0.25) is 0 Å². The predicted molar refractivity (Wildman–Crippen MR) is 74.2 cm³/mol. The molecule has 2 rings (SSSR count). The minimum atomic E-state index is 0.575. The van der Waals surface area contributed by atoms with Gasteiger partial charge in [0.2, 0.25) is 0 Å². The lowest BCUT2D eigenvalue weighted by Crippen LogP contribution is -2.44. The van der Waals surface area contributed by atoms with E-state index in [4.69, 9.17) is 0 Å². The first-order valence-electron chi connectivity index (χ1n) is 7.40. The third kappa shape index (κ3) is 3.23. The highest BCUT2D eigenvalue weighted by Crippen LogP contribution is 2.43. The molecule has 17 heavy (non-hydrogen) atoms. The van der Waals surface area contributed by atoms with Crippen LogP contribution in [0.3, 0.4) is 0 Å². The van der Waals surface area contributed by atoms with Gasteiger partial charge in [-0.05, 0) is 69.6 Å². The van der Waals surface area contributed by atoms with Crippen LogP contribution in [0.5, 0.6) is 0 Å². The van der Waals surface area contributed by atoms with Crippen molar-refractivity contribution in [3.63, 3.8) is 0 Å². The molecule has 2 unspecified atom stereocenters. The zero-order valence-corrected chi connectivity index (χ0v) is 12.1. The molecule has 1 saturated heterocycles. The van der Waals surface area contributed by atoms with Crippen molar-refractivity contribution in [2.24, 2.45) is 17.3 Å². The fraction of sp³-hybridized carbons (Fsp3) is 1.00. The Labute approximate surface area is 107 Å². The average Bonchev–Trinajstić information content (AvgIpc) is 2.54. The Hall–Kier alpha value is -0.0800. The van der Waals surface area contributed by atoms with E-state index < -0.39 is 0 Å². The van der Waals surface area contributed by atoms with Gasteiger partial charge in [-0.1, -0.05) is 20.8 Å². The van der Waals surface area contributed by atoms with Gasteiger partial charge in [-0.25, -0.2) is 0 Å². The molecule has 0 radical (unpaired) electrons. The maximum absolute atomic E-state index is 3.33. The molecule has 1 aliphatic carbocycles. The first-order chi connectivity index (χ1) is 8.02. The van der Waals surface area contributed by atoms with E-state index in [9.17, 15) is 0 Å². The SMILES string of the molecule is CNCC1CCN(C2CC(C)(C)CC2C)CC1. The third-order valence-electron chi connectivity index (χ3n) is 4.90. The third-order valence-corrected chi connectivity index (χ3v) is 4.90. The smallest absolute Gasteiger partial charge is 0.0126 e. The summed E-state index contributed by atoms with van der Waals surface area (Å²) < 4.78 is 0.